The number of nitriles is 1. The molecule has 5 heteroatoms. The van der Waals surface area contributed by atoms with E-state index >= 15 is 0 Å². The zero-order chi connectivity index (χ0) is 11.4. The summed E-state index contributed by atoms with van der Waals surface area (Å²) in [7, 11) is 1.37. The maximum absolute atomic E-state index is 11.3. The Bertz CT molecular complexity index is 437. The molecule has 1 aromatic carbocycles. The second-order valence-electron chi connectivity index (χ2n) is 2.71. The Morgan fingerprint density at radius 2 is 2.33 bits per heavy atom. The number of alkyl halides is 1. The number of ketones is 1. The van der Waals surface area contributed by atoms with Crippen LogP contribution in [0.5, 0.6) is 11.5 Å². The summed E-state index contributed by atoms with van der Waals surface area (Å²) in [5, 5.41) is 18.4. The van der Waals surface area contributed by atoms with Crippen molar-refractivity contribution in [3.8, 4) is 17.6 Å². The number of halogens is 1. The Balaban J connectivity index is 3.37. The molecule has 15 heavy (non-hydrogen) atoms. The average Bonchev–Trinajstić information content (AvgIpc) is 2.27. The van der Waals surface area contributed by atoms with Crippen molar-refractivity contribution in [2.75, 3.05) is 13.0 Å². The van der Waals surface area contributed by atoms with Gasteiger partial charge in [0.25, 0.3) is 0 Å². The van der Waals surface area contributed by atoms with Gasteiger partial charge in [-0.25, -0.2) is 0 Å². The van der Waals surface area contributed by atoms with Crippen molar-refractivity contribution in [1.29, 1.82) is 5.26 Å². The lowest BCUT2D eigenvalue weighted by Gasteiger charge is -2.07. The number of Topliss-reactive ketones (excluding diaryl/α,β-unsaturated/α-hetero) is 1. The van der Waals surface area contributed by atoms with E-state index in [-0.39, 0.29) is 28.5 Å². The highest BCUT2D eigenvalue weighted by Gasteiger charge is 2.17. The molecule has 0 aliphatic carbocycles. The molecule has 0 spiro atoms. The van der Waals surface area contributed by atoms with Gasteiger partial charge in [-0.3, -0.25) is 4.79 Å². The van der Waals surface area contributed by atoms with Crippen LogP contribution in [0.1, 0.15) is 15.9 Å². The monoisotopic (exact) mass is 225 g/mol. The smallest absolute Gasteiger partial charge is 0.181 e. The van der Waals surface area contributed by atoms with Crippen molar-refractivity contribution >= 4 is 17.4 Å². The third kappa shape index (κ3) is 2.03. The van der Waals surface area contributed by atoms with Gasteiger partial charge in [-0.05, 0) is 12.1 Å². The van der Waals surface area contributed by atoms with E-state index < -0.39 is 5.78 Å². The number of ether oxygens (including phenoxy) is 1. The fraction of sp³-hybridized carbons (Fsp3) is 0.200. The van der Waals surface area contributed by atoms with E-state index in [1.54, 1.807) is 6.07 Å². The van der Waals surface area contributed by atoms with Gasteiger partial charge in [0.2, 0.25) is 0 Å². The summed E-state index contributed by atoms with van der Waals surface area (Å²) in [6, 6.07) is 4.58. The molecule has 0 heterocycles. The van der Waals surface area contributed by atoms with Gasteiger partial charge >= 0.3 is 0 Å². The second kappa shape index (κ2) is 4.67. The average molecular weight is 226 g/mol. The molecule has 0 saturated heterocycles. The number of methoxy groups -OCH3 is 1. The van der Waals surface area contributed by atoms with Crippen molar-refractivity contribution in [3.63, 3.8) is 0 Å². The maximum atomic E-state index is 11.3. The summed E-state index contributed by atoms with van der Waals surface area (Å²) in [4.78, 5) is 11.3. The lowest BCUT2D eigenvalue weighted by molar-refractivity contribution is 0.101. The van der Waals surface area contributed by atoms with Crippen molar-refractivity contribution < 1.29 is 14.6 Å². The molecule has 0 amide bonds. The maximum Gasteiger partial charge on any atom is 0.181 e. The minimum Gasteiger partial charge on any atom is -0.506 e. The summed E-state index contributed by atoms with van der Waals surface area (Å²) >= 11 is 5.35. The lowest BCUT2D eigenvalue weighted by Crippen LogP contribution is -2.02. The van der Waals surface area contributed by atoms with E-state index in [1.807, 2.05) is 0 Å². The van der Waals surface area contributed by atoms with E-state index in [2.05, 4.69) is 0 Å². The van der Waals surface area contributed by atoms with Crippen molar-refractivity contribution in [3.05, 3.63) is 23.3 Å². The van der Waals surface area contributed by atoms with Crippen molar-refractivity contribution in [1.82, 2.24) is 0 Å². The molecule has 1 N–H and O–H groups in total. The van der Waals surface area contributed by atoms with Gasteiger partial charge in [0.1, 0.15) is 23.1 Å². The molecule has 4 nitrogen and oxygen atoms in total. The van der Waals surface area contributed by atoms with Crippen LogP contribution in [0.2, 0.25) is 0 Å². The van der Waals surface area contributed by atoms with Crippen molar-refractivity contribution in [2.45, 2.75) is 0 Å². The molecule has 0 unspecified atom stereocenters. The third-order valence-electron chi connectivity index (χ3n) is 1.89. The Morgan fingerprint density at radius 1 is 1.67 bits per heavy atom. The van der Waals surface area contributed by atoms with Gasteiger partial charge < -0.3 is 9.84 Å². The van der Waals surface area contributed by atoms with Crippen LogP contribution < -0.4 is 4.74 Å². The largest absolute Gasteiger partial charge is 0.506 e. The standard InChI is InChI=1S/C10H8ClNO3/c1-15-9-3-2-6(8(13)4-11)10(14)7(9)5-12/h2-3,14H,4H2,1H3. The first-order chi connectivity index (χ1) is 7.15. The Kier molecular flexibility index (Phi) is 3.53. The van der Waals surface area contributed by atoms with Crippen LogP contribution in [0, 0.1) is 11.3 Å². The minimum atomic E-state index is -0.437. The molecule has 78 valence electrons. The third-order valence-corrected chi connectivity index (χ3v) is 2.14. The van der Waals surface area contributed by atoms with Crippen LogP contribution in [-0.4, -0.2) is 23.9 Å². The van der Waals surface area contributed by atoms with Crippen LogP contribution in [0.4, 0.5) is 0 Å². The molecule has 0 bridgehead atoms. The highest BCUT2D eigenvalue weighted by Crippen LogP contribution is 2.30. The number of rotatable bonds is 3. The van der Waals surface area contributed by atoms with Crippen LogP contribution in [0.25, 0.3) is 0 Å². The molecule has 0 aromatic heterocycles. The molecule has 0 radical (unpaired) electrons. The number of aromatic hydroxyl groups is 1. The number of nitrogens with zero attached hydrogens (tertiary/aromatic N) is 1. The fourth-order valence-electron chi connectivity index (χ4n) is 1.15. The zero-order valence-electron chi connectivity index (χ0n) is 7.95. The first kappa shape index (κ1) is 11.3. The molecular weight excluding hydrogens is 218 g/mol. The number of carbonyl (C=O) groups excluding carboxylic acids is 1. The van der Waals surface area contributed by atoms with Gasteiger partial charge in [0.15, 0.2) is 5.78 Å². The van der Waals surface area contributed by atoms with Gasteiger partial charge in [-0.15, -0.1) is 11.6 Å². The highest BCUT2D eigenvalue weighted by molar-refractivity contribution is 6.30. The fourth-order valence-corrected chi connectivity index (χ4v) is 1.29. The number of carbonyl (C=O) groups is 1. The molecule has 0 saturated carbocycles. The number of phenolic OH excluding ortho intramolecular Hbond substituents is 1. The van der Waals surface area contributed by atoms with E-state index in [1.165, 1.54) is 19.2 Å². The lowest BCUT2D eigenvalue weighted by atomic mass is 10.1. The number of benzene rings is 1. The summed E-state index contributed by atoms with van der Waals surface area (Å²) in [5.41, 5.74) is -0.0317. The Morgan fingerprint density at radius 3 is 2.80 bits per heavy atom. The van der Waals surface area contributed by atoms with Gasteiger partial charge in [0.05, 0.1) is 18.6 Å². The predicted molar refractivity (Wildman–Crippen MR) is 54.4 cm³/mol. The molecule has 1 aromatic rings. The molecule has 0 atom stereocenters. The number of phenols is 1. The van der Waals surface area contributed by atoms with Crippen LogP contribution in [0.3, 0.4) is 0 Å². The number of hydrogen-bond acceptors (Lipinski definition) is 4. The van der Waals surface area contributed by atoms with E-state index in [0.717, 1.165) is 0 Å². The highest BCUT2D eigenvalue weighted by atomic mass is 35.5. The van der Waals surface area contributed by atoms with E-state index in [0.29, 0.717) is 0 Å². The molecule has 1 rings (SSSR count). The summed E-state index contributed by atoms with van der Waals surface area (Å²) in [5.74, 6) is -0.845. The van der Waals surface area contributed by atoms with Crippen molar-refractivity contribution in [2.24, 2.45) is 0 Å². The topological polar surface area (TPSA) is 70.3 Å². The SMILES string of the molecule is COc1ccc(C(=O)CCl)c(O)c1C#N. The van der Waals surface area contributed by atoms with Crippen LogP contribution in [0.15, 0.2) is 12.1 Å². The molecular formula is C10H8ClNO3. The summed E-state index contributed by atoms with van der Waals surface area (Å²) < 4.78 is 4.86. The summed E-state index contributed by atoms with van der Waals surface area (Å²) in [6.45, 7) is 0. The molecule has 0 fully saturated rings. The zero-order valence-corrected chi connectivity index (χ0v) is 8.71. The molecule has 0 aliphatic heterocycles. The van der Waals surface area contributed by atoms with E-state index in [4.69, 9.17) is 21.6 Å². The quantitative estimate of drug-likeness (QED) is 0.628. The normalized spacial score (nSPS) is 9.40. The Hall–Kier alpha value is -1.73. The predicted octanol–water partition coefficient (Wildman–Crippen LogP) is 1.69. The van der Waals surface area contributed by atoms with Gasteiger partial charge in [-0.2, -0.15) is 5.26 Å². The first-order valence-electron chi connectivity index (χ1n) is 4.05. The molecule has 0 aliphatic rings. The Labute approximate surface area is 91.7 Å². The first-order valence-corrected chi connectivity index (χ1v) is 4.58. The van der Waals surface area contributed by atoms with Gasteiger partial charge in [0, 0.05) is 0 Å². The number of hydrogen-bond donors (Lipinski definition) is 1. The summed E-state index contributed by atoms with van der Waals surface area (Å²) in [6.07, 6.45) is 0. The van der Waals surface area contributed by atoms with E-state index in [9.17, 15) is 9.90 Å². The van der Waals surface area contributed by atoms with Gasteiger partial charge in [-0.1, -0.05) is 0 Å². The second-order valence-corrected chi connectivity index (χ2v) is 2.97. The van der Waals surface area contributed by atoms with Crippen LogP contribution >= 0.6 is 11.6 Å². The minimum absolute atomic E-state index is 0.0300. The van der Waals surface area contributed by atoms with Crippen LogP contribution in [-0.2, 0) is 0 Å².